The van der Waals surface area contributed by atoms with Crippen molar-refractivity contribution in [2.24, 2.45) is 17.1 Å². The van der Waals surface area contributed by atoms with Crippen molar-refractivity contribution in [1.82, 2.24) is 4.90 Å². The predicted octanol–water partition coefficient (Wildman–Crippen LogP) is 2.28. The molecule has 0 bridgehead atoms. The Morgan fingerprint density at radius 1 is 1.33 bits per heavy atom. The van der Waals surface area contributed by atoms with Crippen LogP contribution in [0.5, 0.6) is 0 Å². The third-order valence-electron chi connectivity index (χ3n) is 4.12. The zero-order valence-electron chi connectivity index (χ0n) is 12.3. The summed E-state index contributed by atoms with van der Waals surface area (Å²) in [5.41, 5.74) is 5.90. The molecule has 18 heavy (non-hydrogen) atoms. The summed E-state index contributed by atoms with van der Waals surface area (Å²) in [5.74, 6) is 0.627. The van der Waals surface area contributed by atoms with Crippen LogP contribution in [-0.4, -0.2) is 44.3 Å². The Balaban J connectivity index is 2.42. The van der Waals surface area contributed by atoms with E-state index in [2.05, 4.69) is 37.8 Å². The third-order valence-corrected chi connectivity index (χ3v) is 4.12. The Labute approximate surface area is 112 Å². The molecule has 0 aromatic rings. The van der Waals surface area contributed by atoms with Gasteiger partial charge in [-0.2, -0.15) is 0 Å². The monoisotopic (exact) mass is 254 g/mol. The smallest absolute Gasteiger partial charge is 0.0594 e. The molecule has 106 valence electrons. The lowest BCUT2D eigenvalue weighted by Gasteiger charge is -2.35. The van der Waals surface area contributed by atoms with Gasteiger partial charge in [0, 0.05) is 19.6 Å². The van der Waals surface area contributed by atoms with Gasteiger partial charge in [-0.05, 0) is 30.7 Å². The molecule has 1 heterocycles. The van der Waals surface area contributed by atoms with Crippen molar-refractivity contribution in [1.29, 1.82) is 0 Å². The van der Waals surface area contributed by atoms with Crippen LogP contribution in [0.15, 0.2) is 12.2 Å². The van der Waals surface area contributed by atoms with Gasteiger partial charge in [-0.15, -0.1) is 0 Å². The molecule has 0 radical (unpaired) electrons. The maximum absolute atomic E-state index is 5.56. The van der Waals surface area contributed by atoms with Crippen molar-refractivity contribution in [3.63, 3.8) is 0 Å². The van der Waals surface area contributed by atoms with E-state index in [0.717, 1.165) is 26.3 Å². The molecule has 1 unspecified atom stereocenters. The normalized spacial score (nSPS) is 20.4. The molecule has 1 aliphatic heterocycles. The van der Waals surface area contributed by atoms with Crippen molar-refractivity contribution in [2.45, 2.75) is 33.6 Å². The SMILES string of the molecule is CCC(/C=C\CN)C(C)(C)CCN1CCOCC1. The largest absolute Gasteiger partial charge is 0.379 e. The molecule has 0 spiro atoms. The maximum Gasteiger partial charge on any atom is 0.0594 e. The first-order valence-electron chi connectivity index (χ1n) is 7.27. The van der Waals surface area contributed by atoms with E-state index < -0.39 is 0 Å². The van der Waals surface area contributed by atoms with E-state index >= 15 is 0 Å². The van der Waals surface area contributed by atoms with Crippen LogP contribution < -0.4 is 5.73 Å². The Morgan fingerprint density at radius 2 is 2.00 bits per heavy atom. The first-order chi connectivity index (χ1) is 8.60. The van der Waals surface area contributed by atoms with Gasteiger partial charge in [-0.25, -0.2) is 0 Å². The van der Waals surface area contributed by atoms with Crippen LogP contribution in [0.4, 0.5) is 0 Å². The highest BCUT2D eigenvalue weighted by Gasteiger charge is 2.26. The van der Waals surface area contributed by atoms with Crippen LogP contribution in [0.25, 0.3) is 0 Å². The predicted molar refractivity (Wildman–Crippen MR) is 77.6 cm³/mol. The van der Waals surface area contributed by atoms with Crippen molar-refractivity contribution >= 4 is 0 Å². The van der Waals surface area contributed by atoms with E-state index in [1.54, 1.807) is 0 Å². The van der Waals surface area contributed by atoms with Crippen molar-refractivity contribution in [3.8, 4) is 0 Å². The van der Waals surface area contributed by atoms with E-state index in [1.807, 2.05) is 0 Å². The summed E-state index contributed by atoms with van der Waals surface area (Å²) >= 11 is 0. The average Bonchev–Trinajstić information content (AvgIpc) is 2.38. The Morgan fingerprint density at radius 3 is 2.56 bits per heavy atom. The zero-order chi connectivity index (χ0) is 13.4. The standard InChI is InChI=1S/C15H30N2O/c1-4-14(6-5-8-16)15(2,3)7-9-17-10-12-18-13-11-17/h5-6,14H,4,7-13,16H2,1-3H3/b6-5-. The fourth-order valence-electron chi connectivity index (χ4n) is 2.65. The van der Waals surface area contributed by atoms with E-state index in [-0.39, 0.29) is 0 Å². The molecule has 0 amide bonds. The van der Waals surface area contributed by atoms with Crippen LogP contribution in [0, 0.1) is 11.3 Å². The summed E-state index contributed by atoms with van der Waals surface area (Å²) < 4.78 is 5.39. The number of nitrogens with zero attached hydrogens (tertiary/aromatic N) is 1. The Bertz CT molecular complexity index is 245. The number of allylic oxidation sites excluding steroid dienone is 1. The number of nitrogens with two attached hydrogens (primary N) is 1. The second kappa shape index (κ2) is 7.93. The van der Waals surface area contributed by atoms with Gasteiger partial charge in [0.2, 0.25) is 0 Å². The van der Waals surface area contributed by atoms with Crippen LogP contribution in [0.3, 0.4) is 0 Å². The van der Waals surface area contributed by atoms with Crippen LogP contribution in [-0.2, 0) is 4.74 Å². The molecular weight excluding hydrogens is 224 g/mol. The quantitative estimate of drug-likeness (QED) is 0.708. The fraction of sp³-hybridized carbons (Fsp3) is 0.867. The molecule has 3 nitrogen and oxygen atoms in total. The summed E-state index contributed by atoms with van der Waals surface area (Å²) in [5, 5.41) is 0. The minimum Gasteiger partial charge on any atom is -0.379 e. The van der Waals surface area contributed by atoms with Crippen LogP contribution in [0.2, 0.25) is 0 Å². The van der Waals surface area contributed by atoms with Crippen molar-refractivity contribution < 1.29 is 4.74 Å². The second-order valence-corrected chi connectivity index (χ2v) is 5.87. The topological polar surface area (TPSA) is 38.5 Å². The van der Waals surface area contributed by atoms with Gasteiger partial charge < -0.3 is 10.5 Å². The molecule has 2 N–H and O–H groups in total. The first kappa shape index (κ1) is 15.7. The molecule has 1 aliphatic rings. The minimum atomic E-state index is 0.346. The molecule has 0 aromatic heterocycles. The number of hydrogen-bond acceptors (Lipinski definition) is 3. The molecule has 1 fully saturated rings. The van der Waals surface area contributed by atoms with E-state index in [0.29, 0.717) is 17.9 Å². The van der Waals surface area contributed by atoms with E-state index in [1.165, 1.54) is 19.4 Å². The van der Waals surface area contributed by atoms with Gasteiger partial charge in [0.05, 0.1) is 13.2 Å². The van der Waals surface area contributed by atoms with Gasteiger partial charge in [-0.1, -0.05) is 32.9 Å². The number of morpholine rings is 1. The molecule has 0 aromatic carbocycles. The number of rotatable bonds is 7. The first-order valence-corrected chi connectivity index (χ1v) is 7.27. The molecular formula is C15H30N2O. The minimum absolute atomic E-state index is 0.346. The lowest BCUT2D eigenvalue weighted by Crippen LogP contribution is -2.39. The van der Waals surface area contributed by atoms with Crippen LogP contribution in [0.1, 0.15) is 33.6 Å². The molecule has 1 rings (SSSR count). The summed E-state index contributed by atoms with van der Waals surface area (Å²) in [7, 11) is 0. The van der Waals surface area contributed by atoms with Gasteiger partial charge in [0.15, 0.2) is 0 Å². The molecule has 1 atom stereocenters. The maximum atomic E-state index is 5.56. The number of hydrogen-bond donors (Lipinski definition) is 1. The highest BCUT2D eigenvalue weighted by Crippen LogP contribution is 2.34. The average molecular weight is 254 g/mol. The Hall–Kier alpha value is -0.380. The summed E-state index contributed by atoms with van der Waals surface area (Å²) in [4.78, 5) is 2.52. The van der Waals surface area contributed by atoms with Crippen molar-refractivity contribution in [2.75, 3.05) is 39.4 Å². The molecule has 0 aliphatic carbocycles. The number of ether oxygens (including phenoxy) is 1. The van der Waals surface area contributed by atoms with Crippen LogP contribution >= 0.6 is 0 Å². The van der Waals surface area contributed by atoms with Crippen molar-refractivity contribution in [3.05, 3.63) is 12.2 Å². The van der Waals surface area contributed by atoms with E-state index in [4.69, 9.17) is 10.5 Å². The molecule has 1 saturated heterocycles. The second-order valence-electron chi connectivity index (χ2n) is 5.87. The third kappa shape index (κ3) is 5.09. The van der Waals surface area contributed by atoms with Gasteiger partial charge in [-0.3, -0.25) is 4.90 Å². The highest BCUT2D eigenvalue weighted by atomic mass is 16.5. The van der Waals surface area contributed by atoms with E-state index in [9.17, 15) is 0 Å². The summed E-state index contributed by atoms with van der Waals surface area (Å²) in [6.45, 7) is 12.8. The molecule has 3 heteroatoms. The Kier molecular flexibility index (Phi) is 6.90. The zero-order valence-corrected chi connectivity index (χ0v) is 12.3. The lowest BCUT2D eigenvalue weighted by molar-refractivity contribution is 0.0303. The lowest BCUT2D eigenvalue weighted by atomic mass is 9.74. The fourth-order valence-corrected chi connectivity index (χ4v) is 2.65. The summed E-state index contributed by atoms with van der Waals surface area (Å²) in [6, 6.07) is 0. The summed E-state index contributed by atoms with van der Waals surface area (Å²) in [6.07, 6.45) is 6.83. The highest BCUT2D eigenvalue weighted by molar-refractivity contribution is 4.95. The molecule has 0 saturated carbocycles. The van der Waals surface area contributed by atoms with Gasteiger partial charge in [0.25, 0.3) is 0 Å². The van der Waals surface area contributed by atoms with Gasteiger partial charge in [0.1, 0.15) is 0 Å². The van der Waals surface area contributed by atoms with Gasteiger partial charge >= 0.3 is 0 Å².